The number of rotatable bonds is 6. The number of unbranched alkanes of at least 4 members (excludes halogenated alkanes) is 2. The number of nitrogens with zero attached hydrogens (tertiary/aromatic N) is 1. The van der Waals surface area contributed by atoms with Crippen LogP contribution in [0.2, 0.25) is 0 Å². The number of urea groups is 1. The third-order valence-electron chi connectivity index (χ3n) is 2.78. The SMILES string of the molecule is CCCCCNC(=O)Nc1cccc(O)c1N(C)C. The zero-order valence-corrected chi connectivity index (χ0v) is 11.9. The van der Waals surface area contributed by atoms with Crippen LogP contribution in [0.4, 0.5) is 16.2 Å². The fraction of sp³-hybridized carbons (Fsp3) is 0.500. The number of carbonyl (C=O) groups excluding carboxylic acids is 1. The van der Waals surface area contributed by atoms with E-state index in [4.69, 9.17) is 0 Å². The number of anilines is 2. The van der Waals surface area contributed by atoms with Crippen LogP contribution >= 0.6 is 0 Å². The Morgan fingerprint density at radius 3 is 2.68 bits per heavy atom. The van der Waals surface area contributed by atoms with Crippen LogP contribution in [0.1, 0.15) is 26.2 Å². The molecule has 0 spiro atoms. The number of nitrogens with one attached hydrogen (secondary N) is 2. The monoisotopic (exact) mass is 265 g/mol. The van der Waals surface area contributed by atoms with E-state index in [0.29, 0.717) is 17.9 Å². The number of hydrogen-bond donors (Lipinski definition) is 3. The summed E-state index contributed by atoms with van der Waals surface area (Å²) in [4.78, 5) is 13.5. The van der Waals surface area contributed by atoms with Crippen LogP contribution in [-0.4, -0.2) is 31.8 Å². The number of para-hydroxylation sites is 1. The van der Waals surface area contributed by atoms with E-state index in [1.165, 1.54) is 0 Å². The molecule has 106 valence electrons. The Balaban J connectivity index is 2.61. The molecule has 0 unspecified atom stereocenters. The molecule has 19 heavy (non-hydrogen) atoms. The summed E-state index contributed by atoms with van der Waals surface area (Å²) < 4.78 is 0. The van der Waals surface area contributed by atoms with Crippen LogP contribution in [0, 0.1) is 0 Å². The first-order valence-electron chi connectivity index (χ1n) is 6.60. The highest BCUT2D eigenvalue weighted by Crippen LogP contribution is 2.33. The Morgan fingerprint density at radius 1 is 1.32 bits per heavy atom. The standard InChI is InChI=1S/C14H23N3O2/c1-4-5-6-10-15-14(19)16-11-8-7-9-12(18)13(11)17(2)3/h7-9,18H,4-6,10H2,1-3H3,(H2,15,16,19). The molecule has 0 heterocycles. The maximum atomic E-state index is 11.7. The summed E-state index contributed by atoms with van der Waals surface area (Å²) >= 11 is 0. The quantitative estimate of drug-likeness (QED) is 0.693. The van der Waals surface area contributed by atoms with Gasteiger partial charge in [0.1, 0.15) is 11.4 Å². The third-order valence-corrected chi connectivity index (χ3v) is 2.78. The van der Waals surface area contributed by atoms with Crippen molar-refractivity contribution < 1.29 is 9.90 Å². The summed E-state index contributed by atoms with van der Waals surface area (Å²) in [7, 11) is 3.64. The predicted molar refractivity (Wildman–Crippen MR) is 79.0 cm³/mol. The molecule has 0 aromatic heterocycles. The summed E-state index contributed by atoms with van der Waals surface area (Å²) in [5, 5.41) is 15.4. The smallest absolute Gasteiger partial charge is 0.319 e. The van der Waals surface area contributed by atoms with E-state index in [-0.39, 0.29) is 11.8 Å². The molecule has 5 heteroatoms. The third kappa shape index (κ3) is 4.69. The Morgan fingerprint density at radius 2 is 2.05 bits per heavy atom. The minimum absolute atomic E-state index is 0.147. The van der Waals surface area contributed by atoms with Crippen molar-refractivity contribution in [2.24, 2.45) is 0 Å². The number of benzene rings is 1. The van der Waals surface area contributed by atoms with Gasteiger partial charge in [-0.1, -0.05) is 25.8 Å². The van der Waals surface area contributed by atoms with Gasteiger partial charge in [0.2, 0.25) is 0 Å². The van der Waals surface area contributed by atoms with Crippen molar-refractivity contribution in [3.63, 3.8) is 0 Å². The molecule has 1 rings (SSSR count). The van der Waals surface area contributed by atoms with Gasteiger partial charge in [-0.2, -0.15) is 0 Å². The highest BCUT2D eigenvalue weighted by molar-refractivity contribution is 5.94. The zero-order valence-electron chi connectivity index (χ0n) is 11.9. The number of hydrogen-bond acceptors (Lipinski definition) is 3. The first kappa shape index (κ1) is 15.1. The molecule has 0 saturated carbocycles. The van der Waals surface area contributed by atoms with Gasteiger partial charge in [-0.15, -0.1) is 0 Å². The normalized spacial score (nSPS) is 10.1. The topological polar surface area (TPSA) is 64.6 Å². The Kier molecular flexibility index (Phi) is 5.99. The van der Waals surface area contributed by atoms with Gasteiger partial charge in [-0.05, 0) is 18.6 Å². The highest BCUT2D eigenvalue weighted by Gasteiger charge is 2.11. The number of amides is 2. The second kappa shape index (κ2) is 7.51. The fourth-order valence-electron chi connectivity index (χ4n) is 1.85. The van der Waals surface area contributed by atoms with Crippen molar-refractivity contribution in [2.75, 3.05) is 30.9 Å². The van der Waals surface area contributed by atoms with Crippen molar-refractivity contribution in [1.82, 2.24) is 5.32 Å². The lowest BCUT2D eigenvalue weighted by atomic mass is 10.2. The van der Waals surface area contributed by atoms with Crippen molar-refractivity contribution in [3.05, 3.63) is 18.2 Å². The molecule has 0 aliphatic heterocycles. The minimum Gasteiger partial charge on any atom is -0.506 e. The second-order valence-electron chi connectivity index (χ2n) is 4.66. The minimum atomic E-state index is -0.246. The Hall–Kier alpha value is -1.91. The zero-order chi connectivity index (χ0) is 14.3. The average molecular weight is 265 g/mol. The number of phenolic OH excluding ortho intramolecular Hbond substituents is 1. The van der Waals surface area contributed by atoms with Gasteiger partial charge in [0, 0.05) is 20.6 Å². The van der Waals surface area contributed by atoms with Crippen molar-refractivity contribution in [2.45, 2.75) is 26.2 Å². The lowest BCUT2D eigenvalue weighted by Gasteiger charge is -2.19. The lowest BCUT2D eigenvalue weighted by molar-refractivity contribution is 0.252. The molecule has 0 radical (unpaired) electrons. The average Bonchev–Trinajstić information content (AvgIpc) is 2.34. The van der Waals surface area contributed by atoms with Gasteiger partial charge < -0.3 is 20.6 Å². The van der Waals surface area contributed by atoms with E-state index in [1.54, 1.807) is 23.1 Å². The number of phenols is 1. The molecule has 0 fully saturated rings. The molecule has 0 saturated heterocycles. The maximum absolute atomic E-state index is 11.7. The van der Waals surface area contributed by atoms with Crippen molar-refractivity contribution in [1.29, 1.82) is 0 Å². The molecule has 2 amide bonds. The summed E-state index contributed by atoms with van der Waals surface area (Å²) in [5.41, 5.74) is 1.20. The lowest BCUT2D eigenvalue weighted by Crippen LogP contribution is -2.30. The first-order valence-corrected chi connectivity index (χ1v) is 6.60. The van der Waals surface area contributed by atoms with E-state index in [9.17, 15) is 9.90 Å². The Bertz CT molecular complexity index is 419. The summed E-state index contributed by atoms with van der Waals surface area (Å²) in [6.45, 7) is 2.78. The molecule has 0 aliphatic rings. The molecule has 0 bridgehead atoms. The van der Waals surface area contributed by atoms with Crippen LogP contribution < -0.4 is 15.5 Å². The largest absolute Gasteiger partial charge is 0.506 e. The van der Waals surface area contributed by atoms with Gasteiger partial charge in [0.05, 0.1) is 5.69 Å². The molecular weight excluding hydrogens is 242 g/mol. The fourth-order valence-corrected chi connectivity index (χ4v) is 1.85. The Labute approximate surface area is 114 Å². The molecule has 3 N–H and O–H groups in total. The van der Waals surface area contributed by atoms with Crippen LogP contribution in [-0.2, 0) is 0 Å². The van der Waals surface area contributed by atoms with E-state index in [2.05, 4.69) is 17.6 Å². The maximum Gasteiger partial charge on any atom is 0.319 e. The van der Waals surface area contributed by atoms with Crippen LogP contribution in [0.25, 0.3) is 0 Å². The molecule has 5 nitrogen and oxygen atoms in total. The van der Waals surface area contributed by atoms with Crippen molar-refractivity contribution >= 4 is 17.4 Å². The van der Waals surface area contributed by atoms with E-state index in [1.807, 2.05) is 14.1 Å². The summed E-state index contributed by atoms with van der Waals surface area (Å²) in [5.74, 6) is 0.147. The van der Waals surface area contributed by atoms with Crippen molar-refractivity contribution in [3.8, 4) is 5.75 Å². The predicted octanol–water partition coefficient (Wildman–Crippen LogP) is 2.77. The molecule has 1 aromatic rings. The first-order chi connectivity index (χ1) is 9.06. The molecule has 1 aromatic carbocycles. The van der Waals surface area contributed by atoms with E-state index in [0.717, 1.165) is 19.3 Å². The van der Waals surface area contributed by atoms with Gasteiger partial charge in [0.25, 0.3) is 0 Å². The van der Waals surface area contributed by atoms with Crippen LogP contribution in [0.15, 0.2) is 18.2 Å². The second-order valence-corrected chi connectivity index (χ2v) is 4.66. The van der Waals surface area contributed by atoms with Gasteiger partial charge in [-0.3, -0.25) is 0 Å². The molecular formula is C14H23N3O2. The number of aromatic hydroxyl groups is 1. The summed E-state index contributed by atoms with van der Waals surface area (Å²) in [6, 6.07) is 4.82. The van der Waals surface area contributed by atoms with E-state index >= 15 is 0 Å². The van der Waals surface area contributed by atoms with Crippen LogP contribution in [0.5, 0.6) is 5.75 Å². The highest BCUT2D eigenvalue weighted by atomic mass is 16.3. The van der Waals surface area contributed by atoms with Gasteiger partial charge in [0.15, 0.2) is 0 Å². The van der Waals surface area contributed by atoms with Gasteiger partial charge in [-0.25, -0.2) is 4.79 Å². The van der Waals surface area contributed by atoms with Gasteiger partial charge >= 0.3 is 6.03 Å². The number of carbonyl (C=O) groups is 1. The van der Waals surface area contributed by atoms with Crippen LogP contribution in [0.3, 0.4) is 0 Å². The molecule has 0 aliphatic carbocycles. The summed E-state index contributed by atoms with van der Waals surface area (Å²) in [6.07, 6.45) is 3.21. The molecule has 0 atom stereocenters. The van der Waals surface area contributed by atoms with E-state index < -0.39 is 0 Å².